The summed E-state index contributed by atoms with van der Waals surface area (Å²) in [5.74, 6) is -1.78. The van der Waals surface area contributed by atoms with Gasteiger partial charge in [0.15, 0.2) is 11.5 Å². The summed E-state index contributed by atoms with van der Waals surface area (Å²) in [4.78, 5) is 1.22. The molecule has 0 saturated carbocycles. The molecule has 116 valence electrons. The Kier molecular flexibility index (Phi) is 1.36. The molecule has 2 bridgehead atoms. The number of likely N-dealkylation sites (tertiary alicyclic amines) is 1. The van der Waals surface area contributed by atoms with Crippen molar-refractivity contribution in [1.29, 1.82) is 0 Å². The standard InChI is InChI=1S/C18H21NO3/c1-19-8-7-18-11-4-5-13(20)17(18)22-16-14(21-2)6-3-10(15(16)18)9-12(11)19/h3-6,11-13,17,20H,7-9H2,1-2H3/t11-,12+,13?,17?,18-/m0/s1/i1D3,3D,6D,11D,13D,17D. The van der Waals surface area contributed by atoms with E-state index in [0.717, 1.165) is 6.08 Å². The lowest BCUT2D eigenvalue weighted by molar-refractivity contribution is -0.0453. The normalized spacial score (nSPS) is 56.9. The molecular weight excluding hydrogens is 278 g/mol. The molecule has 5 rings (SSSR count). The molecule has 1 N–H and O–H groups in total. The molecule has 1 fully saturated rings. The second kappa shape index (κ2) is 4.06. The molecule has 4 heteroatoms. The lowest BCUT2D eigenvalue weighted by Crippen LogP contribution is -2.64. The number of rotatable bonds is 1. The molecule has 0 radical (unpaired) electrons. The summed E-state index contributed by atoms with van der Waals surface area (Å²) in [5, 5.41) is 10.9. The first-order chi connectivity index (χ1) is 13.8. The van der Waals surface area contributed by atoms with Gasteiger partial charge in [-0.25, -0.2) is 0 Å². The van der Waals surface area contributed by atoms with Gasteiger partial charge in [-0.05, 0) is 38.0 Å². The van der Waals surface area contributed by atoms with E-state index in [1.54, 1.807) is 0 Å². The summed E-state index contributed by atoms with van der Waals surface area (Å²) in [6.07, 6.45) is -2.61. The number of methoxy groups -OCH3 is 1. The van der Waals surface area contributed by atoms with Gasteiger partial charge in [-0.3, -0.25) is 0 Å². The Hall–Kier alpha value is -1.52. The Bertz CT molecular complexity index is 1010. The van der Waals surface area contributed by atoms with E-state index in [2.05, 4.69) is 0 Å². The summed E-state index contributed by atoms with van der Waals surface area (Å²) >= 11 is 0. The van der Waals surface area contributed by atoms with Gasteiger partial charge in [-0.1, -0.05) is 18.2 Å². The Morgan fingerprint density at radius 2 is 2.45 bits per heavy atom. The number of hydrogen-bond donors (Lipinski definition) is 1. The van der Waals surface area contributed by atoms with Crippen molar-refractivity contribution >= 4 is 0 Å². The fourth-order valence-electron chi connectivity index (χ4n) is 4.39. The van der Waals surface area contributed by atoms with Crippen molar-refractivity contribution in [2.75, 3.05) is 20.6 Å². The van der Waals surface area contributed by atoms with Gasteiger partial charge in [0.25, 0.3) is 0 Å². The van der Waals surface area contributed by atoms with Gasteiger partial charge in [0, 0.05) is 28.4 Å². The molecule has 4 aliphatic rings. The van der Waals surface area contributed by atoms with Gasteiger partial charge in [-0.2, -0.15) is 0 Å². The third kappa shape index (κ3) is 1.28. The largest absolute Gasteiger partial charge is 0.493 e. The lowest BCUT2D eigenvalue weighted by atomic mass is 9.53. The van der Waals surface area contributed by atoms with Crippen molar-refractivity contribution in [3.63, 3.8) is 0 Å². The summed E-state index contributed by atoms with van der Waals surface area (Å²) in [7, 11) is 1.30. The van der Waals surface area contributed by atoms with E-state index in [0.29, 0.717) is 11.1 Å². The highest BCUT2D eigenvalue weighted by Crippen LogP contribution is 2.62. The van der Waals surface area contributed by atoms with E-state index in [1.807, 2.05) is 0 Å². The fourth-order valence-corrected chi connectivity index (χ4v) is 4.39. The molecule has 4 nitrogen and oxygen atoms in total. The van der Waals surface area contributed by atoms with Crippen LogP contribution in [0.2, 0.25) is 0 Å². The second-order valence-electron chi connectivity index (χ2n) is 6.14. The average molecular weight is 307 g/mol. The molecule has 5 atom stereocenters. The second-order valence-corrected chi connectivity index (χ2v) is 6.14. The molecular formula is C18H21NO3. The third-order valence-electron chi connectivity index (χ3n) is 5.29. The SMILES string of the molecule is [2H]c1c([2H])c(OC)c2c3c1C[C@H]1N(C([2H])([2H])[2H])CC[C@@]34C([2H])(O2)C([2H])(O)C=C[C@@]14[2H]. The van der Waals surface area contributed by atoms with Crippen LogP contribution in [0.15, 0.2) is 24.2 Å². The van der Waals surface area contributed by atoms with Crippen molar-refractivity contribution in [3.05, 3.63) is 35.4 Å². The van der Waals surface area contributed by atoms with E-state index in [-0.39, 0.29) is 43.0 Å². The van der Waals surface area contributed by atoms with Crippen LogP contribution >= 0.6 is 0 Å². The topological polar surface area (TPSA) is 41.9 Å². The van der Waals surface area contributed by atoms with E-state index < -0.39 is 36.5 Å². The Labute approximate surface area is 141 Å². The maximum atomic E-state index is 10.9. The van der Waals surface area contributed by atoms with Crippen LogP contribution in [0.3, 0.4) is 0 Å². The smallest absolute Gasteiger partial charge is 0.165 e. The monoisotopic (exact) mass is 307 g/mol. The zero-order valence-electron chi connectivity index (χ0n) is 20.1. The molecule has 0 aromatic heterocycles. The van der Waals surface area contributed by atoms with Crippen LogP contribution in [0.4, 0.5) is 0 Å². The summed E-state index contributed by atoms with van der Waals surface area (Å²) < 4.78 is 78.9. The van der Waals surface area contributed by atoms with Crippen molar-refractivity contribution in [1.82, 2.24) is 4.90 Å². The number of hydrogen-bond acceptors (Lipinski definition) is 4. The number of benzene rings is 1. The van der Waals surface area contributed by atoms with Gasteiger partial charge < -0.3 is 19.5 Å². The molecule has 2 aliphatic carbocycles. The highest BCUT2D eigenvalue weighted by atomic mass is 16.5. The Balaban J connectivity index is 1.93. The molecule has 2 aliphatic heterocycles. The van der Waals surface area contributed by atoms with Gasteiger partial charge in [0.05, 0.1) is 12.6 Å². The van der Waals surface area contributed by atoms with E-state index in [9.17, 15) is 6.48 Å². The zero-order valence-corrected chi connectivity index (χ0v) is 12.1. The van der Waals surface area contributed by atoms with E-state index >= 15 is 0 Å². The van der Waals surface area contributed by atoms with Gasteiger partial charge in [0.1, 0.15) is 12.2 Å². The predicted molar refractivity (Wildman–Crippen MR) is 82.5 cm³/mol. The van der Waals surface area contributed by atoms with Gasteiger partial charge >= 0.3 is 0 Å². The van der Waals surface area contributed by atoms with Crippen LogP contribution in [0.25, 0.3) is 0 Å². The Morgan fingerprint density at radius 1 is 1.55 bits per heavy atom. The molecule has 0 amide bonds. The van der Waals surface area contributed by atoms with E-state index in [4.69, 9.17) is 19.1 Å². The van der Waals surface area contributed by atoms with Crippen LogP contribution in [0, 0.1) is 5.89 Å². The Morgan fingerprint density at radius 3 is 3.27 bits per heavy atom. The van der Waals surface area contributed by atoms with Crippen LogP contribution in [-0.4, -0.2) is 48.8 Å². The number of aliphatic hydroxyl groups is 1. The number of piperidine rings is 1. The van der Waals surface area contributed by atoms with Gasteiger partial charge in [0.2, 0.25) is 0 Å². The van der Waals surface area contributed by atoms with Crippen molar-refractivity contribution < 1.29 is 25.5 Å². The van der Waals surface area contributed by atoms with Crippen LogP contribution < -0.4 is 9.47 Å². The first-order valence-corrected chi connectivity index (χ1v) is 7.36. The maximum Gasteiger partial charge on any atom is 0.165 e. The van der Waals surface area contributed by atoms with Crippen LogP contribution in [0.1, 0.15) is 28.5 Å². The molecule has 1 aromatic rings. The van der Waals surface area contributed by atoms with Crippen LogP contribution in [0.5, 0.6) is 11.5 Å². The molecule has 1 saturated heterocycles. The number of likely N-dealkylation sites (N-methyl/N-ethyl adjacent to an activating group) is 1. The fraction of sp³-hybridized carbons (Fsp3) is 0.556. The van der Waals surface area contributed by atoms with Gasteiger partial charge in [-0.15, -0.1) is 0 Å². The zero-order chi connectivity index (χ0) is 22.1. The molecule has 22 heavy (non-hydrogen) atoms. The van der Waals surface area contributed by atoms with E-state index in [1.165, 1.54) is 18.1 Å². The predicted octanol–water partition coefficient (Wildman–Crippen LogP) is 1.50. The first kappa shape index (κ1) is 7.37. The molecule has 2 unspecified atom stereocenters. The average Bonchev–Trinajstić information content (AvgIpc) is 2.89. The highest BCUT2D eigenvalue weighted by molar-refractivity contribution is 5.62. The first-order valence-electron chi connectivity index (χ1n) is 11.4. The highest BCUT2D eigenvalue weighted by Gasteiger charge is 2.64. The molecule has 1 aromatic carbocycles. The summed E-state index contributed by atoms with van der Waals surface area (Å²) in [6.45, 7) is -2.50. The van der Waals surface area contributed by atoms with Crippen molar-refractivity contribution in [2.24, 2.45) is 5.89 Å². The third-order valence-corrected chi connectivity index (χ3v) is 5.29. The minimum atomic E-state index is -2.53. The summed E-state index contributed by atoms with van der Waals surface area (Å²) in [5.41, 5.74) is -0.961. The number of nitrogens with zero attached hydrogens (tertiary/aromatic N) is 1. The van der Waals surface area contributed by atoms with Crippen molar-refractivity contribution in [3.8, 4) is 11.5 Å². The number of ether oxygens (including phenoxy) is 2. The quantitative estimate of drug-likeness (QED) is 0.799. The van der Waals surface area contributed by atoms with Crippen molar-refractivity contribution in [2.45, 2.75) is 36.5 Å². The molecule has 1 spiro atoms. The lowest BCUT2D eigenvalue weighted by Gasteiger charge is -2.56. The summed E-state index contributed by atoms with van der Waals surface area (Å²) in [6, 6.07) is -1.41. The van der Waals surface area contributed by atoms with Crippen LogP contribution in [-0.2, 0) is 11.8 Å². The maximum absolute atomic E-state index is 10.9. The minimum Gasteiger partial charge on any atom is -0.493 e. The minimum absolute atomic E-state index is 0.000882. The molecule has 2 heterocycles.